The molecule has 1 fully saturated rings. The van der Waals surface area contributed by atoms with Gasteiger partial charge in [0.25, 0.3) is 0 Å². The predicted octanol–water partition coefficient (Wildman–Crippen LogP) is 3.13. The second-order valence-corrected chi connectivity index (χ2v) is 5.77. The van der Waals surface area contributed by atoms with Crippen molar-refractivity contribution in [2.75, 3.05) is 0 Å². The summed E-state index contributed by atoms with van der Waals surface area (Å²) >= 11 is 5.94. The molecule has 0 spiro atoms. The Kier molecular flexibility index (Phi) is 4.03. The van der Waals surface area contributed by atoms with Crippen molar-refractivity contribution >= 4 is 11.6 Å². The van der Waals surface area contributed by atoms with Gasteiger partial charge in [0.1, 0.15) is 0 Å². The average Bonchev–Trinajstić information content (AvgIpc) is 3.17. The lowest BCUT2D eigenvalue weighted by Crippen LogP contribution is -2.16. The summed E-state index contributed by atoms with van der Waals surface area (Å²) in [5.74, 6) is 0.843. The molecule has 106 valence electrons. The molecule has 0 bridgehead atoms. The Morgan fingerprint density at radius 2 is 2.25 bits per heavy atom. The third-order valence-corrected chi connectivity index (χ3v) is 3.58. The minimum atomic E-state index is 0.630. The average molecular weight is 291 g/mol. The number of pyridine rings is 1. The van der Waals surface area contributed by atoms with E-state index in [2.05, 4.69) is 34.5 Å². The van der Waals surface area contributed by atoms with Crippen LogP contribution >= 0.6 is 11.6 Å². The van der Waals surface area contributed by atoms with Gasteiger partial charge >= 0.3 is 0 Å². The van der Waals surface area contributed by atoms with Crippen LogP contribution in [0.2, 0.25) is 5.02 Å². The van der Waals surface area contributed by atoms with E-state index in [1.807, 2.05) is 0 Å². The molecule has 4 nitrogen and oxygen atoms in total. The number of hydrogen-bond donors (Lipinski definition) is 1. The molecular weight excluding hydrogens is 272 g/mol. The molecule has 2 aromatic rings. The zero-order valence-corrected chi connectivity index (χ0v) is 12.4. The molecule has 0 atom stereocenters. The minimum Gasteiger partial charge on any atom is -0.310 e. The fourth-order valence-electron chi connectivity index (χ4n) is 2.21. The molecule has 2 heterocycles. The van der Waals surface area contributed by atoms with E-state index in [0.29, 0.717) is 11.1 Å². The van der Waals surface area contributed by atoms with E-state index in [1.54, 1.807) is 17.1 Å². The van der Waals surface area contributed by atoms with Gasteiger partial charge in [-0.05, 0) is 37.0 Å². The van der Waals surface area contributed by atoms with Crippen LogP contribution in [0.15, 0.2) is 24.5 Å². The second-order valence-electron chi connectivity index (χ2n) is 5.33. The van der Waals surface area contributed by atoms with Gasteiger partial charge in [0.05, 0.1) is 17.4 Å². The fourth-order valence-corrected chi connectivity index (χ4v) is 2.35. The molecule has 2 aromatic heterocycles. The van der Waals surface area contributed by atoms with E-state index in [0.717, 1.165) is 30.9 Å². The van der Waals surface area contributed by atoms with Crippen LogP contribution in [0.25, 0.3) is 5.82 Å². The van der Waals surface area contributed by atoms with E-state index in [-0.39, 0.29) is 0 Å². The van der Waals surface area contributed by atoms with Crippen molar-refractivity contribution in [2.45, 2.75) is 45.2 Å². The van der Waals surface area contributed by atoms with E-state index < -0.39 is 0 Å². The van der Waals surface area contributed by atoms with Crippen LogP contribution in [0.5, 0.6) is 0 Å². The summed E-state index contributed by atoms with van der Waals surface area (Å²) in [6.45, 7) is 3.06. The number of hydrogen-bond acceptors (Lipinski definition) is 3. The van der Waals surface area contributed by atoms with Gasteiger partial charge in [0.2, 0.25) is 0 Å². The lowest BCUT2D eigenvalue weighted by atomic mass is 10.1. The fraction of sp³-hybridized carbons (Fsp3) is 0.467. The van der Waals surface area contributed by atoms with E-state index >= 15 is 0 Å². The highest BCUT2D eigenvalue weighted by atomic mass is 35.5. The third-order valence-electron chi connectivity index (χ3n) is 3.39. The first-order valence-electron chi connectivity index (χ1n) is 7.18. The molecule has 0 radical (unpaired) electrons. The molecule has 0 unspecified atom stereocenters. The monoisotopic (exact) mass is 290 g/mol. The van der Waals surface area contributed by atoms with Gasteiger partial charge in [-0.15, -0.1) is 0 Å². The molecule has 5 heteroatoms. The lowest BCUT2D eigenvalue weighted by Gasteiger charge is -2.09. The topological polar surface area (TPSA) is 42.7 Å². The molecule has 1 saturated carbocycles. The number of rotatable bonds is 6. The van der Waals surface area contributed by atoms with Crippen molar-refractivity contribution in [2.24, 2.45) is 0 Å². The molecule has 1 aliphatic carbocycles. The maximum absolute atomic E-state index is 5.94. The van der Waals surface area contributed by atoms with Crippen LogP contribution in [-0.2, 0) is 13.0 Å². The molecule has 0 amide bonds. The van der Waals surface area contributed by atoms with Crippen LogP contribution in [0.4, 0.5) is 0 Å². The Bertz CT molecular complexity index is 589. The van der Waals surface area contributed by atoms with Crippen molar-refractivity contribution in [1.82, 2.24) is 20.1 Å². The van der Waals surface area contributed by atoms with Gasteiger partial charge in [-0.25, -0.2) is 9.67 Å². The Balaban J connectivity index is 1.86. The van der Waals surface area contributed by atoms with Crippen molar-refractivity contribution in [3.8, 4) is 5.82 Å². The highest BCUT2D eigenvalue weighted by Crippen LogP contribution is 2.20. The Morgan fingerprint density at radius 1 is 1.40 bits per heavy atom. The summed E-state index contributed by atoms with van der Waals surface area (Å²) in [6.07, 6.45) is 8.10. The molecule has 0 saturated heterocycles. The van der Waals surface area contributed by atoms with E-state index in [9.17, 15) is 0 Å². The Hall–Kier alpha value is -1.39. The van der Waals surface area contributed by atoms with Crippen molar-refractivity contribution in [3.63, 3.8) is 0 Å². The maximum atomic E-state index is 5.94. The summed E-state index contributed by atoms with van der Waals surface area (Å²) in [5, 5.41) is 8.41. The predicted molar refractivity (Wildman–Crippen MR) is 80.2 cm³/mol. The van der Waals surface area contributed by atoms with Crippen molar-refractivity contribution in [1.29, 1.82) is 0 Å². The molecule has 1 aliphatic rings. The van der Waals surface area contributed by atoms with Gasteiger partial charge in [0, 0.05) is 18.3 Å². The molecule has 0 aromatic carbocycles. The van der Waals surface area contributed by atoms with Gasteiger partial charge in [-0.3, -0.25) is 0 Å². The van der Waals surface area contributed by atoms with E-state index in [4.69, 9.17) is 11.6 Å². The second kappa shape index (κ2) is 5.94. The smallest absolute Gasteiger partial charge is 0.153 e. The zero-order valence-electron chi connectivity index (χ0n) is 11.6. The van der Waals surface area contributed by atoms with Gasteiger partial charge in [-0.1, -0.05) is 24.9 Å². The minimum absolute atomic E-state index is 0.630. The normalized spacial score (nSPS) is 14.7. The molecule has 1 N–H and O–H groups in total. The first kappa shape index (κ1) is 13.6. The summed E-state index contributed by atoms with van der Waals surface area (Å²) in [7, 11) is 0. The molecule has 20 heavy (non-hydrogen) atoms. The Labute approximate surface area is 124 Å². The number of nitrogens with zero attached hydrogens (tertiary/aromatic N) is 3. The number of aryl methyl sites for hydroxylation is 1. The SMILES string of the molecule is CCCc1cc(CNC2CC2)cc(-n2cc(Cl)cn2)n1. The molecule has 3 rings (SSSR count). The highest BCUT2D eigenvalue weighted by molar-refractivity contribution is 6.30. The number of nitrogens with one attached hydrogen (secondary N) is 1. The van der Waals surface area contributed by atoms with Crippen LogP contribution in [0.3, 0.4) is 0 Å². The first-order valence-corrected chi connectivity index (χ1v) is 7.56. The zero-order chi connectivity index (χ0) is 13.9. The van der Waals surface area contributed by atoms with Crippen molar-refractivity contribution < 1.29 is 0 Å². The summed E-state index contributed by atoms with van der Waals surface area (Å²) < 4.78 is 1.74. The standard InChI is InChI=1S/C15H19ClN4/c1-2-3-14-6-11(8-17-13-4-5-13)7-15(19-14)20-10-12(16)9-18-20/h6-7,9-10,13,17H,2-5,8H2,1H3. The van der Waals surface area contributed by atoms with E-state index in [1.165, 1.54) is 18.4 Å². The highest BCUT2D eigenvalue weighted by Gasteiger charge is 2.20. The summed E-state index contributed by atoms with van der Waals surface area (Å²) in [6, 6.07) is 4.98. The molecule has 0 aliphatic heterocycles. The number of halogens is 1. The summed E-state index contributed by atoms with van der Waals surface area (Å²) in [5.41, 5.74) is 2.38. The van der Waals surface area contributed by atoms with Crippen LogP contribution < -0.4 is 5.32 Å². The van der Waals surface area contributed by atoms with Crippen LogP contribution in [0, 0.1) is 0 Å². The van der Waals surface area contributed by atoms with Gasteiger partial charge in [0.15, 0.2) is 5.82 Å². The van der Waals surface area contributed by atoms with Gasteiger partial charge in [-0.2, -0.15) is 5.10 Å². The van der Waals surface area contributed by atoms with Gasteiger partial charge < -0.3 is 5.32 Å². The number of aromatic nitrogens is 3. The maximum Gasteiger partial charge on any atom is 0.153 e. The summed E-state index contributed by atoms with van der Waals surface area (Å²) in [4.78, 5) is 4.66. The largest absolute Gasteiger partial charge is 0.310 e. The molecular formula is C15H19ClN4. The quantitative estimate of drug-likeness (QED) is 0.889. The van der Waals surface area contributed by atoms with Crippen LogP contribution in [0.1, 0.15) is 37.4 Å². The van der Waals surface area contributed by atoms with Crippen LogP contribution in [-0.4, -0.2) is 20.8 Å². The Morgan fingerprint density at radius 3 is 2.90 bits per heavy atom. The van der Waals surface area contributed by atoms with Crippen molar-refractivity contribution in [3.05, 3.63) is 40.8 Å². The first-order chi connectivity index (χ1) is 9.74. The third kappa shape index (κ3) is 3.38. The lowest BCUT2D eigenvalue weighted by molar-refractivity contribution is 0.683.